The van der Waals surface area contributed by atoms with Crippen molar-refractivity contribution in [1.82, 2.24) is 10.2 Å². The number of likely N-dealkylation sites (tertiary alicyclic amines) is 1. The minimum atomic E-state index is -0.0128. The molecule has 1 aliphatic carbocycles. The fourth-order valence-corrected chi connectivity index (χ4v) is 4.05. The van der Waals surface area contributed by atoms with Gasteiger partial charge in [-0.25, -0.2) is 0 Å². The van der Waals surface area contributed by atoms with Crippen LogP contribution < -0.4 is 11.1 Å². The Morgan fingerprint density at radius 3 is 2.52 bits per heavy atom. The minimum absolute atomic E-state index is 0.0128. The van der Waals surface area contributed by atoms with Crippen molar-refractivity contribution in [3.05, 3.63) is 35.4 Å². The first kappa shape index (κ1) is 17.9. The van der Waals surface area contributed by atoms with E-state index in [1.165, 1.54) is 0 Å². The molecule has 1 aromatic carbocycles. The van der Waals surface area contributed by atoms with E-state index in [0.29, 0.717) is 0 Å². The molecule has 1 aliphatic heterocycles. The molecule has 2 aliphatic rings. The molecule has 25 heavy (non-hydrogen) atoms. The van der Waals surface area contributed by atoms with E-state index in [1.54, 1.807) is 0 Å². The van der Waals surface area contributed by atoms with Gasteiger partial charge in [-0.05, 0) is 50.7 Å². The highest BCUT2D eigenvalue weighted by atomic mass is 16.2. The Labute approximate surface area is 150 Å². The smallest absolute Gasteiger partial charge is 0.251 e. The summed E-state index contributed by atoms with van der Waals surface area (Å²) >= 11 is 0. The first-order valence-corrected chi connectivity index (χ1v) is 9.45. The predicted octanol–water partition coefficient (Wildman–Crippen LogP) is 2.23. The van der Waals surface area contributed by atoms with Gasteiger partial charge in [-0.1, -0.05) is 24.6 Å². The maximum atomic E-state index is 12.7. The van der Waals surface area contributed by atoms with Gasteiger partial charge in [-0.3, -0.25) is 9.59 Å². The van der Waals surface area contributed by atoms with Crippen LogP contribution in [-0.2, 0) is 4.79 Å². The van der Waals surface area contributed by atoms with Crippen molar-refractivity contribution in [2.24, 2.45) is 11.7 Å². The van der Waals surface area contributed by atoms with Crippen LogP contribution in [0, 0.1) is 12.8 Å². The Morgan fingerprint density at radius 1 is 1.12 bits per heavy atom. The van der Waals surface area contributed by atoms with Gasteiger partial charge in [-0.15, -0.1) is 0 Å². The van der Waals surface area contributed by atoms with Crippen LogP contribution in [0.2, 0.25) is 0 Å². The van der Waals surface area contributed by atoms with Crippen molar-refractivity contribution in [1.29, 1.82) is 0 Å². The number of carbonyl (C=O) groups excluding carboxylic acids is 2. The summed E-state index contributed by atoms with van der Waals surface area (Å²) in [4.78, 5) is 27.1. The number of amides is 2. The van der Waals surface area contributed by atoms with Crippen LogP contribution in [0.5, 0.6) is 0 Å². The molecule has 1 aromatic rings. The Balaban J connectivity index is 1.49. The standard InChI is InChI=1S/C20H29N3O2/c1-14-5-2-3-8-18(14)19(24)22-17-9-11-23(12-10-17)20(25)15-6-4-7-16(21)13-15/h2-3,5,8,15-17H,4,6-7,9-13,21H2,1H3,(H,22,24). The van der Waals surface area contributed by atoms with Crippen LogP contribution in [0.15, 0.2) is 24.3 Å². The van der Waals surface area contributed by atoms with Crippen molar-refractivity contribution in [3.63, 3.8) is 0 Å². The molecule has 0 spiro atoms. The van der Waals surface area contributed by atoms with Crippen molar-refractivity contribution < 1.29 is 9.59 Å². The lowest BCUT2D eigenvalue weighted by Gasteiger charge is -2.36. The topological polar surface area (TPSA) is 75.4 Å². The highest BCUT2D eigenvalue weighted by Crippen LogP contribution is 2.26. The lowest BCUT2D eigenvalue weighted by atomic mass is 9.85. The van der Waals surface area contributed by atoms with Crippen LogP contribution in [0.4, 0.5) is 0 Å². The van der Waals surface area contributed by atoms with Gasteiger partial charge >= 0.3 is 0 Å². The van der Waals surface area contributed by atoms with Crippen molar-refractivity contribution in [2.45, 2.75) is 57.5 Å². The second kappa shape index (κ2) is 8.00. The first-order valence-electron chi connectivity index (χ1n) is 9.45. The summed E-state index contributed by atoms with van der Waals surface area (Å²) < 4.78 is 0. The van der Waals surface area contributed by atoms with Gasteiger partial charge in [0.2, 0.25) is 5.91 Å². The summed E-state index contributed by atoms with van der Waals surface area (Å²) in [5.74, 6) is 0.349. The van der Waals surface area contributed by atoms with E-state index in [-0.39, 0.29) is 29.8 Å². The summed E-state index contributed by atoms with van der Waals surface area (Å²) in [7, 11) is 0. The minimum Gasteiger partial charge on any atom is -0.349 e. The molecule has 0 radical (unpaired) electrons. The molecule has 2 fully saturated rings. The molecule has 0 aromatic heterocycles. The third-order valence-electron chi connectivity index (χ3n) is 5.60. The van der Waals surface area contributed by atoms with Gasteiger partial charge in [0, 0.05) is 36.7 Å². The van der Waals surface area contributed by atoms with E-state index in [4.69, 9.17) is 5.73 Å². The zero-order valence-electron chi connectivity index (χ0n) is 15.0. The molecule has 3 N–H and O–H groups in total. The fraction of sp³-hybridized carbons (Fsp3) is 0.600. The molecular weight excluding hydrogens is 314 g/mol. The summed E-state index contributed by atoms with van der Waals surface area (Å²) in [5.41, 5.74) is 7.74. The fourth-order valence-electron chi connectivity index (χ4n) is 4.05. The predicted molar refractivity (Wildman–Crippen MR) is 98.2 cm³/mol. The molecule has 2 unspecified atom stereocenters. The van der Waals surface area contributed by atoms with E-state index in [2.05, 4.69) is 5.32 Å². The quantitative estimate of drug-likeness (QED) is 0.884. The van der Waals surface area contributed by atoms with Gasteiger partial charge in [0.1, 0.15) is 0 Å². The second-order valence-corrected chi connectivity index (χ2v) is 7.51. The normalized spacial score (nSPS) is 24.8. The lowest BCUT2D eigenvalue weighted by molar-refractivity contribution is -0.137. The molecule has 1 saturated carbocycles. The summed E-state index contributed by atoms with van der Waals surface area (Å²) in [6, 6.07) is 7.95. The molecule has 136 valence electrons. The summed E-state index contributed by atoms with van der Waals surface area (Å²) in [6.07, 6.45) is 5.53. The molecule has 1 heterocycles. The van der Waals surface area contributed by atoms with Gasteiger partial charge in [0.25, 0.3) is 5.91 Å². The zero-order valence-corrected chi connectivity index (χ0v) is 15.0. The number of nitrogens with two attached hydrogens (primary N) is 1. The van der Waals surface area contributed by atoms with Crippen LogP contribution in [0.3, 0.4) is 0 Å². The van der Waals surface area contributed by atoms with Crippen molar-refractivity contribution >= 4 is 11.8 Å². The van der Waals surface area contributed by atoms with Crippen molar-refractivity contribution in [2.75, 3.05) is 13.1 Å². The zero-order chi connectivity index (χ0) is 17.8. The monoisotopic (exact) mass is 343 g/mol. The first-order chi connectivity index (χ1) is 12.0. The molecule has 0 bridgehead atoms. The van der Waals surface area contributed by atoms with Gasteiger partial charge in [-0.2, -0.15) is 0 Å². The summed E-state index contributed by atoms with van der Waals surface area (Å²) in [6.45, 7) is 3.40. The van der Waals surface area contributed by atoms with Gasteiger partial charge < -0.3 is 16.0 Å². The molecule has 2 atom stereocenters. The van der Waals surface area contributed by atoms with Gasteiger partial charge in [0.05, 0.1) is 0 Å². The third-order valence-corrected chi connectivity index (χ3v) is 5.60. The third kappa shape index (κ3) is 4.40. The van der Waals surface area contributed by atoms with Gasteiger partial charge in [0.15, 0.2) is 0 Å². The number of rotatable bonds is 3. The maximum Gasteiger partial charge on any atom is 0.251 e. The molecule has 1 saturated heterocycles. The average molecular weight is 343 g/mol. The number of nitrogens with zero attached hydrogens (tertiary/aromatic N) is 1. The van der Waals surface area contributed by atoms with Crippen LogP contribution in [-0.4, -0.2) is 41.9 Å². The largest absolute Gasteiger partial charge is 0.349 e. The van der Waals surface area contributed by atoms with Crippen LogP contribution in [0.25, 0.3) is 0 Å². The second-order valence-electron chi connectivity index (χ2n) is 7.51. The number of hydrogen-bond acceptors (Lipinski definition) is 3. The molecule has 5 nitrogen and oxygen atoms in total. The van der Waals surface area contributed by atoms with Crippen LogP contribution in [0.1, 0.15) is 54.4 Å². The van der Waals surface area contributed by atoms with E-state index >= 15 is 0 Å². The Bertz CT molecular complexity index is 623. The van der Waals surface area contributed by atoms with E-state index in [9.17, 15) is 9.59 Å². The number of carbonyl (C=O) groups is 2. The Morgan fingerprint density at radius 2 is 1.84 bits per heavy atom. The van der Waals surface area contributed by atoms with E-state index in [0.717, 1.165) is 62.7 Å². The Kier molecular flexibility index (Phi) is 5.74. The highest BCUT2D eigenvalue weighted by molar-refractivity contribution is 5.95. The molecular formula is C20H29N3O2. The maximum absolute atomic E-state index is 12.7. The number of aryl methyl sites for hydroxylation is 1. The van der Waals surface area contributed by atoms with E-state index < -0.39 is 0 Å². The Hall–Kier alpha value is -1.88. The highest BCUT2D eigenvalue weighted by Gasteiger charge is 2.31. The lowest BCUT2D eigenvalue weighted by Crippen LogP contribution is -2.49. The molecule has 5 heteroatoms. The molecule has 3 rings (SSSR count). The van der Waals surface area contributed by atoms with Crippen molar-refractivity contribution in [3.8, 4) is 0 Å². The van der Waals surface area contributed by atoms with Crippen LogP contribution >= 0.6 is 0 Å². The number of piperidine rings is 1. The van der Waals surface area contributed by atoms with E-state index in [1.807, 2.05) is 36.1 Å². The SMILES string of the molecule is Cc1ccccc1C(=O)NC1CCN(C(=O)C2CCCC(N)C2)CC1. The summed E-state index contributed by atoms with van der Waals surface area (Å²) in [5, 5.41) is 3.13. The molecule has 2 amide bonds. The number of nitrogens with one attached hydrogen (secondary N) is 1. The number of hydrogen-bond donors (Lipinski definition) is 2. The number of benzene rings is 1. The average Bonchev–Trinajstić information content (AvgIpc) is 2.62.